The molecule has 0 aliphatic rings. The van der Waals surface area contributed by atoms with Crippen molar-refractivity contribution in [3.63, 3.8) is 0 Å². The van der Waals surface area contributed by atoms with E-state index in [0.717, 1.165) is 31.7 Å². The van der Waals surface area contributed by atoms with Gasteiger partial charge in [0, 0.05) is 12.3 Å². The fourth-order valence-corrected chi connectivity index (χ4v) is 2.67. The molecular formula is C9H22N2O2S2. The van der Waals surface area contributed by atoms with Crippen molar-refractivity contribution in [3.05, 3.63) is 0 Å². The summed E-state index contributed by atoms with van der Waals surface area (Å²) in [4.78, 5) is 0. The summed E-state index contributed by atoms with van der Waals surface area (Å²) in [6.07, 6.45) is 3.60. The molecule has 0 saturated heterocycles. The maximum atomic E-state index is 11.4. The number of hydrogen-bond acceptors (Lipinski definition) is 4. The summed E-state index contributed by atoms with van der Waals surface area (Å²) in [7, 11) is -3.03. The second-order valence-corrected chi connectivity index (χ2v) is 6.18. The van der Waals surface area contributed by atoms with Crippen LogP contribution in [0.15, 0.2) is 0 Å². The Kier molecular flexibility index (Phi) is 9.58. The molecule has 0 unspecified atom stereocenters. The van der Waals surface area contributed by atoms with Crippen LogP contribution in [-0.2, 0) is 10.0 Å². The van der Waals surface area contributed by atoms with Crippen LogP contribution in [0.4, 0.5) is 0 Å². The molecule has 4 nitrogen and oxygen atoms in total. The molecule has 15 heavy (non-hydrogen) atoms. The highest BCUT2D eigenvalue weighted by Gasteiger charge is 2.07. The zero-order valence-corrected chi connectivity index (χ0v) is 11.2. The van der Waals surface area contributed by atoms with E-state index in [2.05, 4.69) is 10.0 Å². The third-order valence-corrected chi connectivity index (χ3v) is 3.98. The topological polar surface area (TPSA) is 58.2 Å². The van der Waals surface area contributed by atoms with Gasteiger partial charge >= 0.3 is 0 Å². The summed E-state index contributed by atoms with van der Waals surface area (Å²) in [5, 5.41) is 3.17. The summed E-state index contributed by atoms with van der Waals surface area (Å²) >= 11 is 1.64. The average molecular weight is 254 g/mol. The normalized spacial score (nSPS) is 11.9. The van der Waals surface area contributed by atoms with Gasteiger partial charge in [-0.3, -0.25) is 0 Å². The molecule has 0 aromatic heterocycles. The van der Waals surface area contributed by atoms with Crippen molar-refractivity contribution in [1.82, 2.24) is 10.0 Å². The maximum Gasteiger partial charge on any atom is 0.211 e. The standard InChI is InChI=1S/C9H22N2O2S2/c1-3-10-6-4-5-9-15(12,13)11-7-8-14-2/h10-11H,3-9H2,1-2H3. The maximum absolute atomic E-state index is 11.4. The SMILES string of the molecule is CCNCCCCS(=O)(=O)NCCSC. The van der Waals surface area contributed by atoms with Crippen LogP contribution < -0.4 is 10.0 Å². The Hall–Kier alpha value is 0.220. The van der Waals surface area contributed by atoms with Crippen molar-refractivity contribution < 1.29 is 8.42 Å². The van der Waals surface area contributed by atoms with Crippen LogP contribution in [0.1, 0.15) is 19.8 Å². The zero-order valence-electron chi connectivity index (χ0n) is 9.58. The highest BCUT2D eigenvalue weighted by atomic mass is 32.2. The van der Waals surface area contributed by atoms with E-state index >= 15 is 0 Å². The molecule has 0 aromatic carbocycles. The summed E-state index contributed by atoms with van der Waals surface area (Å²) in [6.45, 7) is 4.42. The van der Waals surface area contributed by atoms with Crippen molar-refractivity contribution in [1.29, 1.82) is 0 Å². The molecule has 0 spiro atoms. The van der Waals surface area contributed by atoms with E-state index in [1.807, 2.05) is 13.2 Å². The number of sulfonamides is 1. The second-order valence-electron chi connectivity index (χ2n) is 3.27. The first-order valence-corrected chi connectivity index (χ1v) is 8.34. The van der Waals surface area contributed by atoms with E-state index in [-0.39, 0.29) is 5.75 Å². The van der Waals surface area contributed by atoms with Crippen LogP contribution in [-0.4, -0.2) is 45.8 Å². The van der Waals surface area contributed by atoms with Gasteiger partial charge in [0.15, 0.2) is 0 Å². The van der Waals surface area contributed by atoms with Crippen molar-refractivity contribution in [2.45, 2.75) is 19.8 Å². The fourth-order valence-electron chi connectivity index (χ4n) is 1.09. The average Bonchev–Trinajstić information content (AvgIpc) is 2.17. The van der Waals surface area contributed by atoms with Gasteiger partial charge < -0.3 is 5.32 Å². The van der Waals surface area contributed by atoms with Gasteiger partial charge in [-0.15, -0.1) is 0 Å². The smallest absolute Gasteiger partial charge is 0.211 e. The van der Waals surface area contributed by atoms with E-state index in [4.69, 9.17) is 0 Å². The molecule has 0 bridgehead atoms. The molecule has 6 heteroatoms. The molecule has 2 N–H and O–H groups in total. The predicted octanol–water partition coefficient (Wildman–Crippen LogP) is 0.659. The molecule has 0 aliphatic heterocycles. The molecule has 0 amide bonds. The lowest BCUT2D eigenvalue weighted by Gasteiger charge is -2.05. The number of thioether (sulfide) groups is 1. The molecule has 0 heterocycles. The van der Waals surface area contributed by atoms with Gasteiger partial charge in [0.25, 0.3) is 0 Å². The Bertz CT molecular complexity index is 230. The molecule has 0 atom stereocenters. The first-order chi connectivity index (χ1) is 7.12. The van der Waals surface area contributed by atoms with Gasteiger partial charge in [-0.1, -0.05) is 6.92 Å². The fraction of sp³-hybridized carbons (Fsp3) is 1.00. The zero-order chi connectivity index (χ0) is 11.6. The van der Waals surface area contributed by atoms with Crippen LogP contribution in [0.5, 0.6) is 0 Å². The molecule has 92 valence electrons. The number of rotatable bonds is 10. The summed E-state index contributed by atoms with van der Waals surface area (Å²) in [6, 6.07) is 0. The van der Waals surface area contributed by atoms with Gasteiger partial charge in [0.05, 0.1) is 5.75 Å². The van der Waals surface area contributed by atoms with Crippen molar-refractivity contribution in [3.8, 4) is 0 Å². The van der Waals surface area contributed by atoms with Crippen LogP contribution in [0.2, 0.25) is 0 Å². The van der Waals surface area contributed by atoms with E-state index in [1.165, 1.54) is 0 Å². The Morgan fingerprint density at radius 3 is 2.53 bits per heavy atom. The van der Waals surface area contributed by atoms with E-state index < -0.39 is 10.0 Å². The van der Waals surface area contributed by atoms with Gasteiger partial charge in [0.2, 0.25) is 10.0 Å². The minimum absolute atomic E-state index is 0.243. The van der Waals surface area contributed by atoms with Gasteiger partial charge in [-0.25, -0.2) is 13.1 Å². The Morgan fingerprint density at radius 2 is 1.93 bits per heavy atom. The first kappa shape index (κ1) is 15.2. The quantitative estimate of drug-likeness (QED) is 0.562. The lowest BCUT2D eigenvalue weighted by atomic mass is 10.3. The molecule has 0 rings (SSSR count). The number of hydrogen-bond donors (Lipinski definition) is 2. The summed E-state index contributed by atoms with van der Waals surface area (Å²) in [5.74, 6) is 1.07. The highest BCUT2D eigenvalue weighted by molar-refractivity contribution is 7.98. The summed E-state index contributed by atoms with van der Waals surface area (Å²) < 4.78 is 25.4. The Morgan fingerprint density at radius 1 is 1.20 bits per heavy atom. The van der Waals surface area contributed by atoms with Gasteiger partial charge in [0.1, 0.15) is 0 Å². The highest BCUT2D eigenvalue weighted by Crippen LogP contribution is 1.95. The Balaban J connectivity index is 3.47. The molecular weight excluding hydrogens is 232 g/mol. The third kappa shape index (κ3) is 10.5. The minimum Gasteiger partial charge on any atom is -0.317 e. The molecule has 0 saturated carbocycles. The van der Waals surface area contributed by atoms with Crippen LogP contribution in [0, 0.1) is 0 Å². The first-order valence-electron chi connectivity index (χ1n) is 5.29. The molecule has 0 radical (unpaired) electrons. The monoisotopic (exact) mass is 254 g/mol. The van der Waals surface area contributed by atoms with Crippen molar-refractivity contribution >= 4 is 21.8 Å². The lowest BCUT2D eigenvalue weighted by Crippen LogP contribution is -2.28. The van der Waals surface area contributed by atoms with E-state index in [0.29, 0.717) is 6.54 Å². The Labute approximate surface area is 97.6 Å². The molecule has 0 aromatic rings. The van der Waals surface area contributed by atoms with Gasteiger partial charge in [-0.2, -0.15) is 11.8 Å². The lowest BCUT2D eigenvalue weighted by molar-refractivity contribution is 0.577. The van der Waals surface area contributed by atoms with Gasteiger partial charge in [-0.05, 0) is 32.2 Å². The third-order valence-electron chi connectivity index (χ3n) is 1.89. The minimum atomic E-state index is -3.03. The van der Waals surface area contributed by atoms with Crippen LogP contribution in [0.25, 0.3) is 0 Å². The van der Waals surface area contributed by atoms with Crippen molar-refractivity contribution in [2.75, 3.05) is 37.4 Å². The second kappa shape index (κ2) is 9.45. The van der Waals surface area contributed by atoms with Crippen molar-refractivity contribution in [2.24, 2.45) is 0 Å². The van der Waals surface area contributed by atoms with Crippen LogP contribution in [0.3, 0.4) is 0 Å². The summed E-state index contributed by atoms with van der Waals surface area (Å²) in [5.41, 5.74) is 0. The van der Waals surface area contributed by atoms with E-state index in [1.54, 1.807) is 11.8 Å². The number of unbranched alkanes of at least 4 members (excludes halogenated alkanes) is 1. The predicted molar refractivity (Wildman–Crippen MR) is 67.9 cm³/mol. The number of nitrogens with one attached hydrogen (secondary N) is 2. The molecule has 0 aliphatic carbocycles. The largest absolute Gasteiger partial charge is 0.317 e. The van der Waals surface area contributed by atoms with Crippen LogP contribution >= 0.6 is 11.8 Å². The van der Waals surface area contributed by atoms with E-state index in [9.17, 15) is 8.42 Å². The molecule has 0 fully saturated rings.